The maximum absolute atomic E-state index is 12.7. The number of benzene rings is 2. The third kappa shape index (κ3) is 3.56. The first-order valence-electron chi connectivity index (χ1n) is 8.59. The number of ether oxygens (including phenoxy) is 2. The Bertz CT molecular complexity index is 925. The standard InChI is InChI=1S/C21H22O6/c1-11(2)4-6-13-15(23)9-19-20(21(13)25)16(24)10-17(27-19)12-5-7-14(22)18(8-12)26-3/h4-5,7-9,17,22-23,25H,6,10H2,1-3H3. The molecule has 0 saturated heterocycles. The molecule has 3 N–H and O–H groups in total. The summed E-state index contributed by atoms with van der Waals surface area (Å²) in [5.41, 5.74) is 2.08. The van der Waals surface area contributed by atoms with Gasteiger partial charge in [-0.2, -0.15) is 0 Å². The second-order valence-corrected chi connectivity index (χ2v) is 6.75. The molecule has 0 bridgehead atoms. The number of carbonyl (C=O) groups excluding carboxylic acids is 1. The van der Waals surface area contributed by atoms with Crippen molar-refractivity contribution in [3.8, 4) is 28.7 Å². The van der Waals surface area contributed by atoms with Gasteiger partial charge in [0.1, 0.15) is 28.9 Å². The minimum Gasteiger partial charge on any atom is -0.507 e. The summed E-state index contributed by atoms with van der Waals surface area (Å²) in [6, 6.07) is 6.07. The van der Waals surface area contributed by atoms with Crippen LogP contribution in [0.4, 0.5) is 0 Å². The molecule has 3 rings (SSSR count). The summed E-state index contributed by atoms with van der Waals surface area (Å²) in [6.07, 6.45) is 1.60. The highest BCUT2D eigenvalue weighted by molar-refractivity contribution is 6.03. The monoisotopic (exact) mass is 370 g/mol. The molecule has 0 saturated carbocycles. The van der Waals surface area contributed by atoms with Gasteiger partial charge in [0.15, 0.2) is 17.3 Å². The summed E-state index contributed by atoms with van der Waals surface area (Å²) in [5.74, 6) is -0.238. The van der Waals surface area contributed by atoms with E-state index in [1.807, 2.05) is 19.9 Å². The van der Waals surface area contributed by atoms with Crippen LogP contribution in [0.25, 0.3) is 0 Å². The number of allylic oxidation sites excluding steroid dienone is 2. The van der Waals surface area contributed by atoms with Gasteiger partial charge < -0.3 is 24.8 Å². The van der Waals surface area contributed by atoms with Crippen LogP contribution in [0.3, 0.4) is 0 Å². The summed E-state index contributed by atoms with van der Waals surface area (Å²) in [5, 5.41) is 30.6. The van der Waals surface area contributed by atoms with E-state index < -0.39 is 6.10 Å². The molecule has 0 amide bonds. The predicted molar refractivity (Wildman–Crippen MR) is 99.9 cm³/mol. The number of Topliss-reactive ketones (excluding diaryl/α,β-unsaturated/α-hetero) is 1. The van der Waals surface area contributed by atoms with E-state index in [0.29, 0.717) is 17.5 Å². The van der Waals surface area contributed by atoms with Gasteiger partial charge in [0.25, 0.3) is 0 Å². The molecule has 6 heteroatoms. The largest absolute Gasteiger partial charge is 0.507 e. The van der Waals surface area contributed by atoms with Crippen LogP contribution in [-0.2, 0) is 6.42 Å². The minimum absolute atomic E-state index is 0.0111. The van der Waals surface area contributed by atoms with Crippen molar-refractivity contribution in [2.75, 3.05) is 7.11 Å². The van der Waals surface area contributed by atoms with E-state index >= 15 is 0 Å². The van der Waals surface area contributed by atoms with Gasteiger partial charge >= 0.3 is 0 Å². The molecule has 1 unspecified atom stereocenters. The zero-order chi connectivity index (χ0) is 19.7. The van der Waals surface area contributed by atoms with Crippen molar-refractivity contribution in [1.82, 2.24) is 0 Å². The number of carbonyl (C=O) groups is 1. The Kier molecular flexibility index (Phi) is 4.99. The fourth-order valence-electron chi connectivity index (χ4n) is 3.09. The normalized spacial score (nSPS) is 15.7. The zero-order valence-corrected chi connectivity index (χ0v) is 15.4. The van der Waals surface area contributed by atoms with E-state index in [1.165, 1.54) is 19.2 Å². The highest BCUT2D eigenvalue weighted by atomic mass is 16.5. The van der Waals surface area contributed by atoms with E-state index in [9.17, 15) is 20.1 Å². The van der Waals surface area contributed by atoms with Crippen LogP contribution in [0.5, 0.6) is 28.7 Å². The van der Waals surface area contributed by atoms with Gasteiger partial charge in [0.05, 0.1) is 13.5 Å². The molecule has 1 atom stereocenters. The second-order valence-electron chi connectivity index (χ2n) is 6.75. The van der Waals surface area contributed by atoms with Crippen LogP contribution in [0, 0.1) is 0 Å². The van der Waals surface area contributed by atoms with E-state index in [2.05, 4.69) is 0 Å². The Morgan fingerprint density at radius 1 is 1.22 bits per heavy atom. The molecule has 0 aliphatic carbocycles. The number of hydrogen-bond acceptors (Lipinski definition) is 6. The SMILES string of the molecule is COc1cc(C2CC(=O)c3c(cc(O)c(CC=C(C)C)c3O)O2)ccc1O. The molecule has 142 valence electrons. The van der Waals surface area contributed by atoms with E-state index in [0.717, 1.165) is 5.57 Å². The lowest BCUT2D eigenvalue weighted by Crippen LogP contribution is -2.21. The number of phenols is 3. The predicted octanol–water partition coefficient (Wildman–Crippen LogP) is 4.03. The highest BCUT2D eigenvalue weighted by Gasteiger charge is 2.32. The van der Waals surface area contributed by atoms with E-state index in [1.54, 1.807) is 12.1 Å². The number of methoxy groups -OCH3 is 1. The maximum atomic E-state index is 12.7. The van der Waals surface area contributed by atoms with E-state index in [4.69, 9.17) is 9.47 Å². The summed E-state index contributed by atoms with van der Waals surface area (Å²) in [7, 11) is 1.44. The van der Waals surface area contributed by atoms with Gasteiger partial charge in [0, 0.05) is 11.6 Å². The first-order chi connectivity index (χ1) is 12.8. The molecule has 0 spiro atoms. The van der Waals surface area contributed by atoms with Gasteiger partial charge in [-0.05, 0) is 38.0 Å². The van der Waals surface area contributed by atoms with Gasteiger partial charge in [0.2, 0.25) is 0 Å². The molecule has 27 heavy (non-hydrogen) atoms. The lowest BCUT2D eigenvalue weighted by atomic mass is 9.92. The molecule has 6 nitrogen and oxygen atoms in total. The Hall–Kier alpha value is -3.15. The van der Waals surface area contributed by atoms with Crippen molar-refractivity contribution >= 4 is 5.78 Å². The van der Waals surface area contributed by atoms with Crippen LogP contribution in [0.15, 0.2) is 35.9 Å². The molecule has 0 radical (unpaired) electrons. The fourth-order valence-corrected chi connectivity index (χ4v) is 3.09. The third-order valence-electron chi connectivity index (χ3n) is 4.55. The Morgan fingerprint density at radius 3 is 2.63 bits per heavy atom. The van der Waals surface area contributed by atoms with Gasteiger partial charge in [-0.3, -0.25) is 4.79 Å². The topological polar surface area (TPSA) is 96.2 Å². The molecule has 2 aromatic carbocycles. The molecular formula is C21H22O6. The van der Waals surface area contributed by atoms with E-state index in [-0.39, 0.29) is 46.5 Å². The molecule has 1 aliphatic heterocycles. The number of aromatic hydroxyl groups is 3. The summed E-state index contributed by atoms with van der Waals surface area (Å²) < 4.78 is 11.0. The number of ketones is 1. The molecule has 2 aromatic rings. The van der Waals surface area contributed by atoms with Crippen LogP contribution in [-0.4, -0.2) is 28.2 Å². The third-order valence-corrected chi connectivity index (χ3v) is 4.55. The summed E-state index contributed by atoms with van der Waals surface area (Å²) in [4.78, 5) is 12.7. The number of fused-ring (bicyclic) bond motifs is 1. The van der Waals surface area contributed by atoms with Gasteiger partial charge in [-0.1, -0.05) is 17.7 Å². The zero-order valence-electron chi connectivity index (χ0n) is 15.4. The van der Waals surface area contributed by atoms with Crippen LogP contribution in [0.1, 0.15) is 47.9 Å². The molecular weight excluding hydrogens is 348 g/mol. The van der Waals surface area contributed by atoms with Crippen molar-refractivity contribution in [3.63, 3.8) is 0 Å². The van der Waals surface area contributed by atoms with Crippen LogP contribution >= 0.6 is 0 Å². The van der Waals surface area contributed by atoms with Crippen LogP contribution in [0.2, 0.25) is 0 Å². The number of phenolic OH excluding ortho intramolecular Hbond substituents is 3. The first-order valence-corrected chi connectivity index (χ1v) is 8.59. The average Bonchev–Trinajstić information content (AvgIpc) is 2.60. The van der Waals surface area contributed by atoms with Crippen LogP contribution < -0.4 is 9.47 Å². The fraction of sp³-hybridized carbons (Fsp3) is 0.286. The van der Waals surface area contributed by atoms with Crippen molar-refractivity contribution < 1.29 is 29.6 Å². The Labute approximate surface area is 157 Å². The quantitative estimate of drug-likeness (QED) is 0.703. The Morgan fingerprint density at radius 2 is 1.96 bits per heavy atom. The van der Waals surface area contributed by atoms with Crippen molar-refractivity contribution in [3.05, 3.63) is 52.6 Å². The smallest absolute Gasteiger partial charge is 0.174 e. The van der Waals surface area contributed by atoms with Gasteiger partial charge in [-0.25, -0.2) is 0 Å². The lowest BCUT2D eigenvalue weighted by molar-refractivity contribution is 0.0844. The molecule has 0 aromatic heterocycles. The number of rotatable bonds is 4. The minimum atomic E-state index is -0.609. The maximum Gasteiger partial charge on any atom is 0.174 e. The van der Waals surface area contributed by atoms with Crippen molar-refractivity contribution in [2.24, 2.45) is 0 Å². The Balaban J connectivity index is 1.99. The summed E-state index contributed by atoms with van der Waals surface area (Å²) >= 11 is 0. The highest BCUT2D eigenvalue weighted by Crippen LogP contribution is 2.45. The van der Waals surface area contributed by atoms with Crippen molar-refractivity contribution in [1.29, 1.82) is 0 Å². The lowest BCUT2D eigenvalue weighted by Gasteiger charge is -2.27. The first kappa shape index (κ1) is 18.6. The van der Waals surface area contributed by atoms with Gasteiger partial charge in [-0.15, -0.1) is 0 Å². The summed E-state index contributed by atoms with van der Waals surface area (Å²) in [6.45, 7) is 3.83. The second kappa shape index (κ2) is 7.23. The molecule has 1 aliphatic rings. The molecule has 1 heterocycles. The molecule has 0 fully saturated rings. The average molecular weight is 370 g/mol. The number of hydrogen-bond donors (Lipinski definition) is 3. The van der Waals surface area contributed by atoms with Crippen molar-refractivity contribution in [2.45, 2.75) is 32.8 Å².